The number of hydrogen-bond acceptors (Lipinski definition) is 2. The summed E-state index contributed by atoms with van der Waals surface area (Å²) in [6.07, 6.45) is 4.70. The summed E-state index contributed by atoms with van der Waals surface area (Å²) in [5.74, 6) is 0. The smallest absolute Gasteiger partial charge is 0.189 e. The van der Waals surface area contributed by atoms with E-state index in [0.717, 1.165) is 17.1 Å². The Bertz CT molecular complexity index is 449. The van der Waals surface area contributed by atoms with Crippen molar-refractivity contribution in [1.29, 1.82) is 0 Å². The van der Waals surface area contributed by atoms with Crippen molar-refractivity contribution in [2.24, 2.45) is 0 Å². The Labute approximate surface area is 125 Å². The topological polar surface area (TPSA) is 27.3 Å². The molecule has 1 aliphatic heterocycles. The van der Waals surface area contributed by atoms with E-state index in [2.05, 4.69) is 24.6 Å². The van der Waals surface area contributed by atoms with Crippen molar-refractivity contribution in [3.63, 3.8) is 0 Å². The van der Waals surface area contributed by atoms with Crippen LogP contribution in [0.2, 0.25) is 5.02 Å². The van der Waals surface area contributed by atoms with E-state index < -0.39 is 0 Å². The molecule has 2 N–H and O–H groups in total. The van der Waals surface area contributed by atoms with Gasteiger partial charge in [-0.25, -0.2) is 5.43 Å². The Morgan fingerprint density at radius 2 is 1.95 bits per heavy atom. The van der Waals surface area contributed by atoms with E-state index >= 15 is 0 Å². The standard InChI is InChI=1S/C14H20ClN3S/c1-3-4-5-10-14(2)16-13(19)18(17-14)12-8-6-11(15)7-9-12/h6-9,17H,3-5,10H2,1-2H3,(H,16,19). The Hall–Kier alpha value is -0.840. The molecular formula is C14H20ClN3S. The average molecular weight is 298 g/mol. The quantitative estimate of drug-likeness (QED) is 0.638. The third-order valence-corrected chi connectivity index (χ3v) is 3.85. The molecule has 0 aromatic heterocycles. The summed E-state index contributed by atoms with van der Waals surface area (Å²) < 4.78 is 0. The molecular weight excluding hydrogens is 278 g/mol. The first-order valence-corrected chi connectivity index (χ1v) is 7.48. The van der Waals surface area contributed by atoms with Crippen molar-refractivity contribution >= 4 is 34.6 Å². The van der Waals surface area contributed by atoms with Gasteiger partial charge in [-0.05, 0) is 56.2 Å². The van der Waals surface area contributed by atoms with Gasteiger partial charge in [-0.1, -0.05) is 31.4 Å². The van der Waals surface area contributed by atoms with E-state index in [1.54, 1.807) is 0 Å². The lowest BCUT2D eigenvalue weighted by atomic mass is 10.1. The van der Waals surface area contributed by atoms with Crippen LogP contribution in [0.15, 0.2) is 24.3 Å². The van der Waals surface area contributed by atoms with Crippen molar-refractivity contribution < 1.29 is 0 Å². The summed E-state index contributed by atoms with van der Waals surface area (Å²) in [5.41, 5.74) is 4.29. The van der Waals surface area contributed by atoms with Crippen LogP contribution in [0.25, 0.3) is 0 Å². The van der Waals surface area contributed by atoms with Crippen LogP contribution in [0.5, 0.6) is 0 Å². The highest BCUT2D eigenvalue weighted by molar-refractivity contribution is 7.80. The van der Waals surface area contributed by atoms with Crippen molar-refractivity contribution in [3.8, 4) is 0 Å². The highest BCUT2D eigenvalue weighted by atomic mass is 35.5. The third-order valence-electron chi connectivity index (χ3n) is 3.31. The van der Waals surface area contributed by atoms with Gasteiger partial charge in [0.05, 0.1) is 5.69 Å². The van der Waals surface area contributed by atoms with Crippen molar-refractivity contribution in [2.75, 3.05) is 5.01 Å². The second kappa shape index (κ2) is 6.07. The van der Waals surface area contributed by atoms with Gasteiger partial charge in [0, 0.05) is 5.02 Å². The molecule has 1 heterocycles. The van der Waals surface area contributed by atoms with Crippen LogP contribution in [0, 0.1) is 0 Å². The minimum Gasteiger partial charge on any atom is -0.342 e. The highest BCUT2D eigenvalue weighted by Gasteiger charge is 2.35. The molecule has 104 valence electrons. The summed E-state index contributed by atoms with van der Waals surface area (Å²) in [6.45, 7) is 4.35. The molecule has 5 heteroatoms. The average Bonchev–Trinajstić information content (AvgIpc) is 2.67. The molecule has 1 atom stereocenters. The monoisotopic (exact) mass is 297 g/mol. The molecule has 3 nitrogen and oxygen atoms in total. The molecule has 0 amide bonds. The lowest BCUT2D eigenvalue weighted by molar-refractivity contribution is 0.334. The zero-order valence-electron chi connectivity index (χ0n) is 11.4. The van der Waals surface area contributed by atoms with Gasteiger partial charge in [-0.2, -0.15) is 0 Å². The molecule has 0 bridgehead atoms. The van der Waals surface area contributed by atoms with E-state index in [0.29, 0.717) is 5.11 Å². The lowest BCUT2D eigenvalue weighted by Crippen LogP contribution is -2.48. The zero-order valence-corrected chi connectivity index (χ0v) is 12.9. The molecule has 1 fully saturated rings. The van der Waals surface area contributed by atoms with Gasteiger partial charge in [0.15, 0.2) is 5.11 Å². The molecule has 1 aromatic rings. The number of nitrogens with zero attached hydrogens (tertiary/aromatic N) is 1. The summed E-state index contributed by atoms with van der Waals surface area (Å²) in [4.78, 5) is 0. The van der Waals surface area contributed by atoms with Crippen molar-refractivity contribution in [1.82, 2.24) is 10.7 Å². The number of nitrogens with one attached hydrogen (secondary N) is 2. The first-order valence-electron chi connectivity index (χ1n) is 6.70. The fraction of sp³-hybridized carbons (Fsp3) is 0.500. The largest absolute Gasteiger partial charge is 0.342 e. The second-order valence-corrected chi connectivity index (χ2v) is 5.97. The number of thiocarbonyl (C=S) groups is 1. The van der Waals surface area contributed by atoms with Crippen LogP contribution in [-0.4, -0.2) is 10.8 Å². The molecule has 0 spiro atoms. The Morgan fingerprint density at radius 3 is 2.58 bits per heavy atom. The van der Waals surface area contributed by atoms with Crippen LogP contribution in [0.4, 0.5) is 5.69 Å². The molecule has 0 aliphatic carbocycles. The second-order valence-electron chi connectivity index (χ2n) is 5.14. The van der Waals surface area contributed by atoms with Crippen LogP contribution in [0.3, 0.4) is 0 Å². The Kier molecular flexibility index (Phi) is 4.66. The summed E-state index contributed by atoms with van der Waals surface area (Å²) in [5, 5.41) is 6.72. The summed E-state index contributed by atoms with van der Waals surface area (Å²) in [7, 11) is 0. The maximum absolute atomic E-state index is 5.91. The fourth-order valence-electron chi connectivity index (χ4n) is 2.24. The van der Waals surface area contributed by atoms with E-state index in [1.165, 1.54) is 19.3 Å². The number of benzene rings is 1. The van der Waals surface area contributed by atoms with Gasteiger partial charge < -0.3 is 5.32 Å². The Balaban J connectivity index is 2.04. The number of rotatable bonds is 5. The van der Waals surface area contributed by atoms with E-state index in [4.69, 9.17) is 23.8 Å². The summed E-state index contributed by atoms with van der Waals surface area (Å²) >= 11 is 11.3. The molecule has 19 heavy (non-hydrogen) atoms. The predicted octanol–water partition coefficient (Wildman–Crippen LogP) is 3.84. The third kappa shape index (κ3) is 3.59. The van der Waals surface area contributed by atoms with Gasteiger partial charge in [-0.3, -0.25) is 5.01 Å². The van der Waals surface area contributed by atoms with Gasteiger partial charge >= 0.3 is 0 Å². The predicted molar refractivity (Wildman–Crippen MR) is 85.3 cm³/mol. The normalized spacial score (nSPS) is 22.7. The van der Waals surface area contributed by atoms with E-state index in [-0.39, 0.29) is 5.66 Å². The van der Waals surface area contributed by atoms with Crippen LogP contribution >= 0.6 is 23.8 Å². The molecule has 2 rings (SSSR count). The van der Waals surface area contributed by atoms with Gasteiger partial charge in [0.25, 0.3) is 0 Å². The minimum atomic E-state index is -0.161. The SMILES string of the molecule is CCCCCC1(C)NC(=S)N(c2ccc(Cl)cc2)N1. The fourth-order valence-corrected chi connectivity index (χ4v) is 2.74. The lowest BCUT2D eigenvalue weighted by Gasteiger charge is -2.25. The molecule has 0 saturated carbocycles. The van der Waals surface area contributed by atoms with E-state index in [9.17, 15) is 0 Å². The van der Waals surface area contributed by atoms with Crippen LogP contribution < -0.4 is 15.8 Å². The first-order chi connectivity index (χ1) is 9.04. The minimum absolute atomic E-state index is 0.161. The Morgan fingerprint density at radius 1 is 1.26 bits per heavy atom. The highest BCUT2D eigenvalue weighted by Crippen LogP contribution is 2.24. The molecule has 1 saturated heterocycles. The maximum Gasteiger partial charge on any atom is 0.189 e. The molecule has 1 unspecified atom stereocenters. The maximum atomic E-state index is 5.91. The molecule has 0 radical (unpaired) electrons. The number of unbranched alkanes of at least 4 members (excludes halogenated alkanes) is 2. The first kappa shape index (κ1) is 14.6. The zero-order chi connectivity index (χ0) is 13.9. The van der Waals surface area contributed by atoms with Gasteiger partial charge in [0.1, 0.15) is 5.66 Å². The van der Waals surface area contributed by atoms with E-state index in [1.807, 2.05) is 29.3 Å². The number of hydrogen-bond donors (Lipinski definition) is 2. The number of anilines is 1. The number of hydrazine groups is 1. The summed E-state index contributed by atoms with van der Waals surface area (Å²) in [6, 6.07) is 7.66. The molecule has 1 aromatic carbocycles. The van der Waals surface area contributed by atoms with Crippen molar-refractivity contribution in [2.45, 2.75) is 45.2 Å². The van der Waals surface area contributed by atoms with Crippen molar-refractivity contribution in [3.05, 3.63) is 29.3 Å². The van der Waals surface area contributed by atoms with Gasteiger partial charge in [-0.15, -0.1) is 0 Å². The van der Waals surface area contributed by atoms with Crippen LogP contribution in [0.1, 0.15) is 39.5 Å². The molecule has 1 aliphatic rings. The number of halogens is 1. The van der Waals surface area contributed by atoms with Crippen LogP contribution in [-0.2, 0) is 0 Å². The van der Waals surface area contributed by atoms with Gasteiger partial charge in [0.2, 0.25) is 0 Å².